The van der Waals surface area contributed by atoms with Crippen LogP contribution in [0, 0.1) is 6.92 Å². The van der Waals surface area contributed by atoms with Crippen molar-refractivity contribution in [2.75, 3.05) is 6.54 Å². The Morgan fingerprint density at radius 2 is 1.86 bits per heavy atom. The average molecular weight is 460 g/mol. The Kier molecular flexibility index (Phi) is 4.43. The van der Waals surface area contributed by atoms with Gasteiger partial charge in [-0.1, -0.05) is 12.1 Å². The van der Waals surface area contributed by atoms with E-state index < -0.39 is 0 Å². The minimum Gasteiger partial charge on any atom is -0.308 e. The van der Waals surface area contributed by atoms with Crippen LogP contribution in [0.3, 0.4) is 0 Å². The third-order valence-electron chi connectivity index (χ3n) is 6.23. The highest BCUT2D eigenvalue weighted by molar-refractivity contribution is 5.85. The number of imidazole rings is 1. The lowest BCUT2D eigenvalue weighted by atomic mass is 10.1. The Morgan fingerprint density at radius 3 is 2.77 bits per heavy atom. The summed E-state index contributed by atoms with van der Waals surface area (Å²) in [6.07, 6.45) is 3.82. The molecule has 0 atom stereocenters. The van der Waals surface area contributed by atoms with Gasteiger partial charge >= 0.3 is 0 Å². The number of pyridine rings is 4. The van der Waals surface area contributed by atoms with Gasteiger partial charge in [0.25, 0.3) is 0 Å². The predicted octanol–water partition coefficient (Wildman–Crippen LogP) is 3.68. The zero-order valence-electron chi connectivity index (χ0n) is 19.0. The van der Waals surface area contributed by atoms with E-state index in [-0.39, 0.29) is 0 Å². The second-order valence-electron chi connectivity index (χ2n) is 8.61. The van der Waals surface area contributed by atoms with Crippen LogP contribution in [0.25, 0.3) is 50.8 Å². The van der Waals surface area contributed by atoms with Crippen LogP contribution in [-0.4, -0.2) is 45.6 Å². The molecule has 0 spiro atoms. The van der Waals surface area contributed by atoms with Gasteiger partial charge in [0.2, 0.25) is 0 Å². The predicted molar refractivity (Wildman–Crippen MR) is 132 cm³/mol. The highest BCUT2D eigenvalue weighted by Gasteiger charge is 2.19. The molecule has 0 amide bonds. The first-order chi connectivity index (χ1) is 17.2. The van der Waals surface area contributed by atoms with Gasteiger partial charge in [0.15, 0.2) is 5.82 Å². The molecule has 35 heavy (non-hydrogen) atoms. The summed E-state index contributed by atoms with van der Waals surface area (Å²) in [4.78, 5) is 24.0. The summed E-state index contributed by atoms with van der Waals surface area (Å²) in [7, 11) is 0. The summed E-state index contributed by atoms with van der Waals surface area (Å²) >= 11 is 0. The normalized spacial score (nSPS) is 13.4. The largest absolute Gasteiger partial charge is 0.308 e. The van der Waals surface area contributed by atoms with Gasteiger partial charge < -0.3 is 5.32 Å². The van der Waals surface area contributed by atoms with Gasteiger partial charge in [-0.3, -0.25) is 14.4 Å². The molecular weight excluding hydrogens is 438 g/mol. The van der Waals surface area contributed by atoms with Crippen LogP contribution in [0.15, 0.2) is 67.0 Å². The van der Waals surface area contributed by atoms with E-state index in [1.807, 2.05) is 78.6 Å². The fraction of sp³-hybridized carbons (Fsp3) is 0.154. The maximum Gasteiger partial charge on any atom is 0.183 e. The van der Waals surface area contributed by atoms with Gasteiger partial charge in [-0.2, -0.15) is 5.10 Å². The first-order valence-electron chi connectivity index (χ1n) is 11.6. The Balaban J connectivity index is 1.40. The third-order valence-corrected chi connectivity index (χ3v) is 6.23. The highest BCUT2D eigenvalue weighted by atomic mass is 15.4. The van der Waals surface area contributed by atoms with Crippen molar-refractivity contribution < 1.29 is 0 Å². The maximum absolute atomic E-state index is 5.02. The summed E-state index contributed by atoms with van der Waals surface area (Å²) in [6.45, 7) is 4.42. The van der Waals surface area contributed by atoms with E-state index in [1.54, 1.807) is 0 Å². The summed E-state index contributed by atoms with van der Waals surface area (Å²) in [6, 6.07) is 17.9. The quantitative estimate of drug-likeness (QED) is 0.431. The fourth-order valence-corrected chi connectivity index (χ4v) is 4.55. The molecule has 1 N–H and O–H groups in total. The molecule has 0 fully saturated rings. The first kappa shape index (κ1) is 19.9. The topological polar surface area (TPSA) is 98.7 Å². The molecule has 7 rings (SSSR count). The molecule has 0 unspecified atom stereocenters. The molecule has 6 aromatic rings. The molecule has 9 nitrogen and oxygen atoms in total. The van der Waals surface area contributed by atoms with E-state index in [0.29, 0.717) is 5.82 Å². The molecule has 6 aromatic heterocycles. The number of hydrogen-bond acceptors (Lipinski definition) is 7. The van der Waals surface area contributed by atoms with E-state index in [0.717, 1.165) is 76.2 Å². The van der Waals surface area contributed by atoms with E-state index in [9.17, 15) is 0 Å². The number of hydrogen-bond donors (Lipinski definition) is 1. The number of aromatic nitrogens is 8. The van der Waals surface area contributed by atoms with Crippen LogP contribution >= 0.6 is 0 Å². The standard InChI is InChI=1S/C26H21N9/c1-16-5-4-6-19(29-16)24-25(34-11-3-2-7-22(34)31-24)20-9-8-18-21(30-20)13-17(14-28-18)26-32-23-15-27-10-12-35(23)33-26/h2-9,11,13-14,27H,10,12,15H2,1H3. The molecule has 0 saturated carbocycles. The zero-order valence-corrected chi connectivity index (χ0v) is 19.0. The molecule has 1 aliphatic rings. The van der Waals surface area contributed by atoms with Crippen molar-refractivity contribution in [2.24, 2.45) is 0 Å². The molecule has 7 heterocycles. The number of nitrogens with zero attached hydrogens (tertiary/aromatic N) is 8. The molecule has 0 saturated heterocycles. The van der Waals surface area contributed by atoms with Crippen molar-refractivity contribution in [3.63, 3.8) is 0 Å². The van der Waals surface area contributed by atoms with Crippen molar-refractivity contribution in [3.8, 4) is 34.2 Å². The molecule has 0 radical (unpaired) electrons. The van der Waals surface area contributed by atoms with Crippen molar-refractivity contribution in [2.45, 2.75) is 20.0 Å². The molecule has 9 heteroatoms. The van der Waals surface area contributed by atoms with Crippen LogP contribution in [-0.2, 0) is 13.1 Å². The molecule has 0 aliphatic carbocycles. The van der Waals surface area contributed by atoms with Gasteiger partial charge in [0, 0.05) is 30.2 Å². The summed E-state index contributed by atoms with van der Waals surface area (Å²) < 4.78 is 4.02. The van der Waals surface area contributed by atoms with E-state index in [4.69, 9.17) is 19.9 Å². The lowest BCUT2D eigenvalue weighted by Crippen LogP contribution is -2.28. The van der Waals surface area contributed by atoms with Crippen molar-refractivity contribution in [1.29, 1.82) is 0 Å². The van der Waals surface area contributed by atoms with Crippen molar-refractivity contribution >= 4 is 16.7 Å². The molecular formula is C26H21N9. The third kappa shape index (κ3) is 3.36. The number of nitrogens with one attached hydrogen (secondary N) is 1. The van der Waals surface area contributed by atoms with Gasteiger partial charge in [-0.05, 0) is 49.4 Å². The van der Waals surface area contributed by atoms with Crippen LogP contribution in [0.1, 0.15) is 11.5 Å². The minimum atomic E-state index is 0.671. The summed E-state index contributed by atoms with van der Waals surface area (Å²) in [5.41, 5.74) is 7.54. The second kappa shape index (κ2) is 7.78. The number of rotatable bonds is 3. The minimum absolute atomic E-state index is 0.671. The lowest BCUT2D eigenvalue weighted by Gasteiger charge is -2.11. The fourth-order valence-electron chi connectivity index (χ4n) is 4.55. The summed E-state index contributed by atoms with van der Waals surface area (Å²) in [5, 5.41) is 8.01. The monoisotopic (exact) mass is 459 g/mol. The second-order valence-corrected chi connectivity index (χ2v) is 8.61. The van der Waals surface area contributed by atoms with E-state index >= 15 is 0 Å². The van der Waals surface area contributed by atoms with Crippen LogP contribution in [0.2, 0.25) is 0 Å². The summed E-state index contributed by atoms with van der Waals surface area (Å²) in [5.74, 6) is 1.61. The Labute approximate surface area is 200 Å². The average Bonchev–Trinajstić information content (AvgIpc) is 3.50. The smallest absolute Gasteiger partial charge is 0.183 e. The Hall–Kier alpha value is -4.50. The lowest BCUT2D eigenvalue weighted by molar-refractivity contribution is 0.469. The van der Waals surface area contributed by atoms with Gasteiger partial charge in [-0.15, -0.1) is 0 Å². The first-order valence-corrected chi connectivity index (χ1v) is 11.6. The van der Waals surface area contributed by atoms with E-state index in [2.05, 4.69) is 19.8 Å². The van der Waals surface area contributed by atoms with Gasteiger partial charge in [0.1, 0.15) is 22.9 Å². The Bertz CT molecular complexity index is 1710. The number of aryl methyl sites for hydroxylation is 1. The van der Waals surface area contributed by atoms with Gasteiger partial charge in [0.05, 0.1) is 35.5 Å². The Morgan fingerprint density at radius 1 is 0.886 bits per heavy atom. The van der Waals surface area contributed by atoms with Gasteiger partial charge in [-0.25, -0.2) is 19.6 Å². The van der Waals surface area contributed by atoms with Crippen molar-refractivity contribution in [1.82, 2.24) is 44.4 Å². The van der Waals surface area contributed by atoms with E-state index in [1.165, 1.54) is 0 Å². The highest BCUT2D eigenvalue weighted by Crippen LogP contribution is 2.32. The van der Waals surface area contributed by atoms with Crippen molar-refractivity contribution in [3.05, 3.63) is 78.5 Å². The van der Waals surface area contributed by atoms with Crippen LogP contribution in [0.5, 0.6) is 0 Å². The number of fused-ring (bicyclic) bond motifs is 3. The molecule has 0 bridgehead atoms. The maximum atomic E-state index is 5.02. The molecule has 0 aromatic carbocycles. The molecule has 170 valence electrons. The SMILES string of the molecule is Cc1cccc(-c2nc3ccccn3c2-c2ccc3ncc(-c4nc5n(n4)CCNC5)cc3n2)n1. The zero-order chi connectivity index (χ0) is 23.4. The van der Waals surface area contributed by atoms with Crippen LogP contribution < -0.4 is 5.32 Å². The van der Waals surface area contributed by atoms with Crippen LogP contribution in [0.4, 0.5) is 0 Å². The molecule has 1 aliphatic heterocycles.